The molecule has 2 rings (SSSR count). The fourth-order valence-electron chi connectivity index (χ4n) is 2.29. The largest absolute Gasteiger partial charge is 0.469 e. The number of nitrogens with one attached hydrogen (secondary N) is 1. The third-order valence-electron chi connectivity index (χ3n) is 3.24. The molecule has 1 aromatic rings. The molecule has 17 heavy (non-hydrogen) atoms. The second-order valence-corrected chi connectivity index (χ2v) is 4.50. The second kappa shape index (κ2) is 5.82. The molecule has 0 bridgehead atoms. The number of ether oxygens (including phenoxy) is 1. The van der Waals surface area contributed by atoms with Gasteiger partial charge in [0.15, 0.2) is 0 Å². The lowest BCUT2D eigenvalue weighted by Gasteiger charge is -2.24. The van der Waals surface area contributed by atoms with Crippen molar-refractivity contribution in [2.24, 2.45) is 0 Å². The summed E-state index contributed by atoms with van der Waals surface area (Å²) in [5, 5.41) is 3.51. The average molecular weight is 233 g/mol. The van der Waals surface area contributed by atoms with E-state index in [1.54, 1.807) is 0 Å². The number of esters is 1. The smallest absolute Gasteiger partial charge is 0.309 e. The van der Waals surface area contributed by atoms with Crippen LogP contribution in [0, 0.1) is 0 Å². The summed E-state index contributed by atoms with van der Waals surface area (Å²) in [4.78, 5) is 11.2. The zero-order valence-electron chi connectivity index (χ0n) is 10.2. The van der Waals surface area contributed by atoms with Crippen LogP contribution < -0.4 is 5.32 Å². The Bertz CT molecular complexity index is 384. The van der Waals surface area contributed by atoms with Gasteiger partial charge in [0.2, 0.25) is 0 Å². The first-order valence-electron chi connectivity index (χ1n) is 6.18. The SMILES string of the molecule is COC(=O)Cc1cccc(C2CCCCN2)c1. The van der Waals surface area contributed by atoms with Crippen molar-refractivity contribution in [2.75, 3.05) is 13.7 Å². The highest BCUT2D eigenvalue weighted by atomic mass is 16.5. The van der Waals surface area contributed by atoms with E-state index in [-0.39, 0.29) is 5.97 Å². The Hall–Kier alpha value is -1.35. The van der Waals surface area contributed by atoms with Crippen LogP contribution in [0.25, 0.3) is 0 Å². The molecule has 1 saturated heterocycles. The molecule has 1 fully saturated rings. The highest BCUT2D eigenvalue weighted by Gasteiger charge is 2.15. The Balaban J connectivity index is 2.07. The topological polar surface area (TPSA) is 38.3 Å². The van der Waals surface area contributed by atoms with E-state index < -0.39 is 0 Å². The molecule has 3 heteroatoms. The molecule has 0 radical (unpaired) electrons. The van der Waals surface area contributed by atoms with E-state index in [1.165, 1.54) is 31.9 Å². The molecule has 3 nitrogen and oxygen atoms in total. The minimum atomic E-state index is -0.182. The van der Waals surface area contributed by atoms with Gasteiger partial charge in [0, 0.05) is 6.04 Å². The lowest BCUT2D eigenvalue weighted by atomic mass is 9.96. The zero-order valence-corrected chi connectivity index (χ0v) is 10.2. The lowest BCUT2D eigenvalue weighted by molar-refractivity contribution is -0.139. The van der Waals surface area contributed by atoms with Gasteiger partial charge in [-0.3, -0.25) is 4.79 Å². The fourth-order valence-corrected chi connectivity index (χ4v) is 2.29. The van der Waals surface area contributed by atoms with Crippen molar-refractivity contribution in [3.8, 4) is 0 Å². The molecule has 1 aliphatic rings. The van der Waals surface area contributed by atoms with Crippen LogP contribution in [0.3, 0.4) is 0 Å². The summed E-state index contributed by atoms with van der Waals surface area (Å²) >= 11 is 0. The molecule has 0 spiro atoms. The van der Waals surface area contributed by atoms with Crippen LogP contribution in [-0.2, 0) is 16.0 Å². The molecule has 0 amide bonds. The first-order chi connectivity index (χ1) is 8.29. The molecule has 0 aromatic heterocycles. The van der Waals surface area contributed by atoms with Gasteiger partial charge < -0.3 is 10.1 Å². The summed E-state index contributed by atoms with van der Waals surface area (Å²) < 4.78 is 4.68. The van der Waals surface area contributed by atoms with Crippen LogP contribution in [0.2, 0.25) is 0 Å². The molecule has 92 valence electrons. The maximum atomic E-state index is 11.2. The molecule has 1 aliphatic heterocycles. The van der Waals surface area contributed by atoms with E-state index in [1.807, 2.05) is 12.1 Å². The van der Waals surface area contributed by atoms with Crippen LogP contribution in [0.4, 0.5) is 0 Å². The monoisotopic (exact) mass is 233 g/mol. The Kier molecular flexibility index (Phi) is 4.15. The van der Waals surface area contributed by atoms with E-state index in [0.29, 0.717) is 12.5 Å². The van der Waals surface area contributed by atoms with Gasteiger partial charge in [-0.15, -0.1) is 0 Å². The van der Waals surface area contributed by atoms with Gasteiger partial charge in [0.1, 0.15) is 0 Å². The van der Waals surface area contributed by atoms with Gasteiger partial charge in [-0.1, -0.05) is 30.7 Å². The number of rotatable bonds is 3. The van der Waals surface area contributed by atoms with Crippen LogP contribution in [0.5, 0.6) is 0 Å². The maximum Gasteiger partial charge on any atom is 0.309 e. The lowest BCUT2D eigenvalue weighted by Crippen LogP contribution is -2.26. The Labute approximate surface area is 102 Å². The minimum absolute atomic E-state index is 0.182. The molecule has 1 N–H and O–H groups in total. The van der Waals surface area contributed by atoms with Crippen molar-refractivity contribution in [3.63, 3.8) is 0 Å². The Morgan fingerprint density at radius 3 is 3.06 bits per heavy atom. The first kappa shape index (κ1) is 12.1. The predicted octanol–water partition coefficient (Wildman–Crippen LogP) is 2.22. The maximum absolute atomic E-state index is 11.2. The molecule has 1 atom stereocenters. The summed E-state index contributed by atoms with van der Waals surface area (Å²) in [6.07, 6.45) is 4.08. The zero-order chi connectivity index (χ0) is 12.1. The number of hydrogen-bond acceptors (Lipinski definition) is 3. The molecule has 0 saturated carbocycles. The van der Waals surface area contributed by atoms with Gasteiger partial charge in [-0.25, -0.2) is 0 Å². The molecule has 1 unspecified atom stereocenters. The Morgan fingerprint density at radius 2 is 2.35 bits per heavy atom. The highest BCUT2D eigenvalue weighted by Crippen LogP contribution is 2.23. The van der Waals surface area contributed by atoms with Crippen molar-refractivity contribution in [1.82, 2.24) is 5.32 Å². The molecule has 0 aliphatic carbocycles. The van der Waals surface area contributed by atoms with E-state index in [2.05, 4.69) is 22.2 Å². The standard InChI is InChI=1S/C14H19NO2/c1-17-14(16)10-11-5-4-6-12(9-11)13-7-2-3-8-15-13/h4-6,9,13,15H,2-3,7-8,10H2,1H3. The molecule has 1 aromatic carbocycles. The predicted molar refractivity (Wildman–Crippen MR) is 66.8 cm³/mol. The van der Waals surface area contributed by atoms with Crippen molar-refractivity contribution in [3.05, 3.63) is 35.4 Å². The Morgan fingerprint density at radius 1 is 1.47 bits per heavy atom. The van der Waals surface area contributed by atoms with Crippen molar-refractivity contribution < 1.29 is 9.53 Å². The van der Waals surface area contributed by atoms with Gasteiger partial charge in [-0.05, 0) is 30.5 Å². The van der Waals surface area contributed by atoms with Crippen molar-refractivity contribution in [1.29, 1.82) is 0 Å². The fraction of sp³-hybridized carbons (Fsp3) is 0.500. The summed E-state index contributed by atoms with van der Waals surface area (Å²) in [6, 6.07) is 8.68. The highest BCUT2D eigenvalue weighted by molar-refractivity contribution is 5.72. The average Bonchev–Trinajstić information content (AvgIpc) is 2.40. The minimum Gasteiger partial charge on any atom is -0.469 e. The van der Waals surface area contributed by atoms with Crippen molar-refractivity contribution in [2.45, 2.75) is 31.7 Å². The summed E-state index contributed by atoms with van der Waals surface area (Å²) in [6.45, 7) is 1.09. The van der Waals surface area contributed by atoms with Gasteiger partial charge >= 0.3 is 5.97 Å². The van der Waals surface area contributed by atoms with E-state index in [9.17, 15) is 4.79 Å². The van der Waals surface area contributed by atoms with Crippen LogP contribution in [0.15, 0.2) is 24.3 Å². The van der Waals surface area contributed by atoms with Crippen LogP contribution in [-0.4, -0.2) is 19.6 Å². The van der Waals surface area contributed by atoms with Gasteiger partial charge in [0.25, 0.3) is 0 Å². The number of carbonyl (C=O) groups excluding carboxylic acids is 1. The normalized spacial score (nSPS) is 19.9. The summed E-state index contributed by atoms with van der Waals surface area (Å²) in [5.41, 5.74) is 2.31. The number of benzene rings is 1. The van der Waals surface area contributed by atoms with E-state index >= 15 is 0 Å². The molecular formula is C14H19NO2. The summed E-state index contributed by atoms with van der Waals surface area (Å²) in [7, 11) is 1.43. The number of methoxy groups -OCH3 is 1. The van der Waals surface area contributed by atoms with E-state index in [0.717, 1.165) is 12.1 Å². The number of hydrogen-bond donors (Lipinski definition) is 1. The third kappa shape index (κ3) is 3.30. The van der Waals surface area contributed by atoms with Crippen molar-refractivity contribution >= 4 is 5.97 Å². The van der Waals surface area contributed by atoms with Gasteiger partial charge in [-0.2, -0.15) is 0 Å². The quantitative estimate of drug-likeness (QED) is 0.813. The van der Waals surface area contributed by atoms with Gasteiger partial charge in [0.05, 0.1) is 13.5 Å². The molecular weight excluding hydrogens is 214 g/mol. The van der Waals surface area contributed by atoms with Crippen LogP contribution in [0.1, 0.15) is 36.4 Å². The molecule has 1 heterocycles. The third-order valence-corrected chi connectivity index (χ3v) is 3.24. The van der Waals surface area contributed by atoms with E-state index in [4.69, 9.17) is 0 Å². The number of piperidine rings is 1. The first-order valence-corrected chi connectivity index (χ1v) is 6.18. The second-order valence-electron chi connectivity index (χ2n) is 4.50. The van der Waals surface area contributed by atoms with Crippen LogP contribution >= 0.6 is 0 Å². The number of carbonyl (C=O) groups is 1. The summed E-state index contributed by atoms with van der Waals surface area (Å²) in [5.74, 6) is -0.182.